The van der Waals surface area contributed by atoms with Gasteiger partial charge in [-0.3, -0.25) is 9.59 Å². The van der Waals surface area contributed by atoms with Crippen LogP contribution in [0.5, 0.6) is 0 Å². The zero-order chi connectivity index (χ0) is 14.2. The second kappa shape index (κ2) is 7.88. The molecule has 0 heterocycles. The molecule has 0 saturated carbocycles. The van der Waals surface area contributed by atoms with Crippen molar-refractivity contribution < 1.29 is 37.3 Å². The van der Waals surface area contributed by atoms with Gasteiger partial charge in [0.2, 0.25) is 5.91 Å². The normalized spacial score (nSPS) is 11.3. The first-order chi connectivity index (χ1) is 8.26. The quantitative estimate of drug-likeness (QED) is 0.680. The first-order valence-corrected chi connectivity index (χ1v) is 4.89. The van der Waals surface area contributed by atoms with Crippen LogP contribution in [0.25, 0.3) is 0 Å². The number of carbonyl (C=O) groups excluding carboxylic acids is 1. The van der Waals surface area contributed by atoms with E-state index in [0.29, 0.717) is 0 Å². The van der Waals surface area contributed by atoms with E-state index in [1.165, 1.54) is 7.11 Å². The number of hydrogen-bond donors (Lipinski definition) is 1. The van der Waals surface area contributed by atoms with Gasteiger partial charge in [0.25, 0.3) is 0 Å². The second-order valence-corrected chi connectivity index (χ2v) is 3.31. The first kappa shape index (κ1) is 16.6. The summed E-state index contributed by atoms with van der Waals surface area (Å²) in [6.07, 6.45) is -4.52. The van der Waals surface area contributed by atoms with Gasteiger partial charge >= 0.3 is 12.1 Å². The molecule has 0 atom stereocenters. The number of rotatable bonds is 8. The van der Waals surface area contributed by atoms with E-state index in [0.717, 1.165) is 4.90 Å². The van der Waals surface area contributed by atoms with Crippen molar-refractivity contribution in [3.05, 3.63) is 0 Å². The lowest BCUT2D eigenvalue weighted by molar-refractivity contribution is -0.178. The Morgan fingerprint density at radius 1 is 1.33 bits per heavy atom. The molecule has 0 aliphatic carbocycles. The number of ether oxygens (including phenoxy) is 2. The largest absolute Gasteiger partial charge is 0.480 e. The van der Waals surface area contributed by atoms with Crippen molar-refractivity contribution in [2.24, 2.45) is 0 Å². The average Bonchev–Trinajstić information content (AvgIpc) is 2.21. The summed E-state index contributed by atoms with van der Waals surface area (Å²) in [4.78, 5) is 22.7. The molecule has 0 spiro atoms. The molecule has 0 aromatic rings. The van der Waals surface area contributed by atoms with Crippen molar-refractivity contribution in [1.29, 1.82) is 0 Å². The number of carboxylic acid groups (broad SMARTS) is 1. The molecule has 1 N–H and O–H groups in total. The van der Waals surface area contributed by atoms with Crippen LogP contribution in [0.3, 0.4) is 0 Å². The Hall–Kier alpha value is -1.35. The van der Waals surface area contributed by atoms with Crippen LogP contribution in [-0.2, 0) is 19.1 Å². The van der Waals surface area contributed by atoms with E-state index in [4.69, 9.17) is 5.11 Å². The molecule has 0 radical (unpaired) electrons. The van der Waals surface area contributed by atoms with Gasteiger partial charge in [-0.05, 0) is 0 Å². The van der Waals surface area contributed by atoms with Gasteiger partial charge in [0.15, 0.2) is 0 Å². The van der Waals surface area contributed by atoms with E-state index < -0.39 is 37.8 Å². The number of carbonyl (C=O) groups is 2. The highest BCUT2D eigenvalue weighted by atomic mass is 19.4. The van der Waals surface area contributed by atoms with Crippen LogP contribution >= 0.6 is 0 Å². The highest BCUT2D eigenvalue weighted by molar-refractivity contribution is 5.82. The summed E-state index contributed by atoms with van der Waals surface area (Å²) in [5.41, 5.74) is 0. The van der Waals surface area contributed by atoms with Crippen LogP contribution in [0.15, 0.2) is 0 Å². The van der Waals surface area contributed by atoms with Crippen molar-refractivity contribution in [3.8, 4) is 0 Å². The standard InChI is InChI=1S/C9H14F3NO5/c1-17-3-2-13(4-8(15)16)7(14)5-18-6-9(10,11)12/h2-6H2,1H3,(H,15,16). The second-order valence-electron chi connectivity index (χ2n) is 3.31. The van der Waals surface area contributed by atoms with Gasteiger partial charge in [-0.2, -0.15) is 13.2 Å². The lowest BCUT2D eigenvalue weighted by Crippen LogP contribution is -2.40. The third-order valence-electron chi connectivity index (χ3n) is 1.74. The van der Waals surface area contributed by atoms with Crippen LogP contribution in [0.2, 0.25) is 0 Å². The number of hydrogen-bond acceptors (Lipinski definition) is 4. The van der Waals surface area contributed by atoms with Crippen molar-refractivity contribution >= 4 is 11.9 Å². The maximum absolute atomic E-state index is 11.8. The number of nitrogens with zero attached hydrogens (tertiary/aromatic N) is 1. The molecule has 0 aromatic carbocycles. The van der Waals surface area contributed by atoms with Gasteiger partial charge in [0.1, 0.15) is 19.8 Å². The van der Waals surface area contributed by atoms with Gasteiger partial charge in [0, 0.05) is 13.7 Å². The predicted octanol–water partition coefficient (Wildman–Crippen LogP) is 0.125. The maximum atomic E-state index is 11.8. The molecule has 1 amide bonds. The summed E-state index contributed by atoms with van der Waals surface area (Å²) in [7, 11) is 1.35. The number of halogens is 3. The molecular formula is C9H14F3NO5. The molecule has 18 heavy (non-hydrogen) atoms. The van der Waals surface area contributed by atoms with Crippen molar-refractivity contribution in [2.75, 3.05) is 40.0 Å². The van der Waals surface area contributed by atoms with Crippen molar-refractivity contribution in [2.45, 2.75) is 6.18 Å². The molecule has 0 aliphatic heterocycles. The Balaban J connectivity index is 4.15. The number of methoxy groups -OCH3 is 1. The number of carboxylic acids is 1. The SMILES string of the molecule is COCCN(CC(=O)O)C(=O)COCC(F)(F)F. The average molecular weight is 273 g/mol. The summed E-state index contributed by atoms with van der Waals surface area (Å²) >= 11 is 0. The fraction of sp³-hybridized carbons (Fsp3) is 0.778. The van der Waals surface area contributed by atoms with Crippen LogP contribution in [0, 0.1) is 0 Å². The molecule has 6 nitrogen and oxygen atoms in total. The van der Waals surface area contributed by atoms with Crippen LogP contribution in [0.4, 0.5) is 13.2 Å². The third-order valence-corrected chi connectivity index (χ3v) is 1.74. The molecule has 0 saturated heterocycles. The van der Waals surface area contributed by atoms with Gasteiger partial charge in [0.05, 0.1) is 6.61 Å². The van der Waals surface area contributed by atoms with E-state index in [9.17, 15) is 22.8 Å². The molecular weight excluding hydrogens is 259 g/mol. The minimum absolute atomic E-state index is 0.0307. The van der Waals surface area contributed by atoms with E-state index >= 15 is 0 Å². The molecule has 0 aromatic heterocycles. The lowest BCUT2D eigenvalue weighted by atomic mass is 10.4. The fourth-order valence-corrected chi connectivity index (χ4v) is 1.00. The number of amides is 1. The monoisotopic (exact) mass is 273 g/mol. The minimum atomic E-state index is -4.52. The molecule has 0 rings (SSSR count). The van der Waals surface area contributed by atoms with Crippen molar-refractivity contribution in [1.82, 2.24) is 4.90 Å². The topological polar surface area (TPSA) is 76.1 Å². The molecule has 106 valence electrons. The highest BCUT2D eigenvalue weighted by Gasteiger charge is 2.28. The lowest BCUT2D eigenvalue weighted by Gasteiger charge is -2.20. The predicted molar refractivity (Wildman–Crippen MR) is 53.0 cm³/mol. The third kappa shape index (κ3) is 8.76. The van der Waals surface area contributed by atoms with E-state index in [1.807, 2.05) is 0 Å². The van der Waals surface area contributed by atoms with Crippen molar-refractivity contribution in [3.63, 3.8) is 0 Å². The molecule has 0 fully saturated rings. The minimum Gasteiger partial charge on any atom is -0.480 e. The number of alkyl halides is 3. The van der Waals surface area contributed by atoms with E-state index in [-0.39, 0.29) is 13.2 Å². The molecule has 9 heteroatoms. The zero-order valence-corrected chi connectivity index (χ0v) is 9.70. The fourth-order valence-electron chi connectivity index (χ4n) is 1.00. The van der Waals surface area contributed by atoms with Gasteiger partial charge < -0.3 is 19.5 Å². The molecule has 0 aliphatic rings. The van der Waals surface area contributed by atoms with E-state index in [2.05, 4.69) is 9.47 Å². The summed E-state index contributed by atoms with van der Waals surface area (Å²) < 4.78 is 44.1. The first-order valence-electron chi connectivity index (χ1n) is 4.89. The Bertz CT molecular complexity index is 282. The zero-order valence-electron chi connectivity index (χ0n) is 9.70. The Kier molecular flexibility index (Phi) is 7.29. The van der Waals surface area contributed by atoms with E-state index in [1.54, 1.807) is 0 Å². The maximum Gasteiger partial charge on any atom is 0.411 e. The van der Waals surface area contributed by atoms with Crippen LogP contribution in [-0.4, -0.2) is 68.1 Å². The molecule has 0 bridgehead atoms. The van der Waals surface area contributed by atoms with Crippen LogP contribution < -0.4 is 0 Å². The Labute approximate surface area is 101 Å². The van der Waals surface area contributed by atoms with Crippen LogP contribution in [0.1, 0.15) is 0 Å². The smallest absolute Gasteiger partial charge is 0.411 e. The Morgan fingerprint density at radius 3 is 2.39 bits per heavy atom. The Morgan fingerprint density at radius 2 is 1.94 bits per heavy atom. The summed E-state index contributed by atoms with van der Waals surface area (Å²) in [5, 5.41) is 8.53. The van der Waals surface area contributed by atoms with Gasteiger partial charge in [-0.25, -0.2) is 0 Å². The summed E-state index contributed by atoms with van der Waals surface area (Å²) in [6, 6.07) is 0. The van der Waals surface area contributed by atoms with Gasteiger partial charge in [-0.1, -0.05) is 0 Å². The number of aliphatic carboxylic acids is 1. The summed E-state index contributed by atoms with van der Waals surface area (Å²) in [6.45, 7) is -2.94. The summed E-state index contributed by atoms with van der Waals surface area (Å²) in [5.74, 6) is -2.10. The van der Waals surface area contributed by atoms with Gasteiger partial charge in [-0.15, -0.1) is 0 Å². The highest BCUT2D eigenvalue weighted by Crippen LogP contribution is 2.14. The molecule has 0 unspecified atom stereocenters.